The third-order valence-corrected chi connectivity index (χ3v) is 3.50. The van der Waals surface area contributed by atoms with Gasteiger partial charge in [-0.15, -0.1) is 0 Å². The second-order valence-corrected chi connectivity index (χ2v) is 5.04. The summed E-state index contributed by atoms with van der Waals surface area (Å²) in [4.78, 5) is 1.45. The van der Waals surface area contributed by atoms with Crippen LogP contribution < -0.4 is 5.73 Å². The van der Waals surface area contributed by atoms with Crippen molar-refractivity contribution < 1.29 is 17.6 Å². The molecule has 108 valence electrons. The van der Waals surface area contributed by atoms with E-state index in [0.29, 0.717) is 12.2 Å². The van der Waals surface area contributed by atoms with Gasteiger partial charge in [-0.3, -0.25) is 4.90 Å². The van der Waals surface area contributed by atoms with Crippen LogP contribution in [-0.2, 0) is 6.54 Å². The molecular weight excluding hydrogens is 257 g/mol. The minimum absolute atomic E-state index is 0.0330. The second-order valence-electron chi connectivity index (χ2n) is 5.04. The summed E-state index contributed by atoms with van der Waals surface area (Å²) in [6.07, 6.45) is -0.952. The molecule has 3 nitrogen and oxygen atoms in total. The summed E-state index contributed by atoms with van der Waals surface area (Å²) in [5, 5.41) is 0. The summed E-state index contributed by atoms with van der Waals surface area (Å²) >= 11 is 0. The normalized spacial score (nSPS) is 19.7. The molecule has 0 spiro atoms. The molecule has 1 fully saturated rings. The molecule has 1 aliphatic rings. The van der Waals surface area contributed by atoms with Crippen LogP contribution in [0.2, 0.25) is 0 Å². The zero-order chi connectivity index (χ0) is 14.0. The molecule has 1 heterocycles. The van der Waals surface area contributed by atoms with Crippen LogP contribution in [0, 0.1) is 0 Å². The van der Waals surface area contributed by atoms with Gasteiger partial charge in [0.05, 0.1) is 12.8 Å². The molecule has 1 aromatic heterocycles. The van der Waals surface area contributed by atoms with Gasteiger partial charge in [-0.25, -0.2) is 0 Å². The van der Waals surface area contributed by atoms with Crippen molar-refractivity contribution in [1.82, 2.24) is 4.90 Å². The lowest BCUT2D eigenvalue weighted by molar-refractivity contribution is -0.193. The molecule has 19 heavy (non-hydrogen) atoms. The molecule has 0 amide bonds. The SMILES string of the molecule is CCC(N)C(N(Cc1ccco1)C1CC1)C(F)(F)F. The van der Waals surface area contributed by atoms with Gasteiger partial charge < -0.3 is 10.2 Å². The highest BCUT2D eigenvalue weighted by atomic mass is 19.4. The van der Waals surface area contributed by atoms with Gasteiger partial charge in [-0.05, 0) is 31.4 Å². The predicted molar refractivity (Wildman–Crippen MR) is 65.4 cm³/mol. The zero-order valence-corrected chi connectivity index (χ0v) is 10.9. The first-order valence-corrected chi connectivity index (χ1v) is 6.54. The van der Waals surface area contributed by atoms with Gasteiger partial charge in [0, 0.05) is 12.1 Å². The van der Waals surface area contributed by atoms with Crippen molar-refractivity contribution in [2.24, 2.45) is 5.73 Å². The molecule has 0 saturated heterocycles. The summed E-state index contributed by atoms with van der Waals surface area (Å²) in [5.74, 6) is 0.546. The molecule has 0 radical (unpaired) electrons. The maximum atomic E-state index is 13.3. The van der Waals surface area contributed by atoms with Crippen LogP contribution in [0.15, 0.2) is 22.8 Å². The number of alkyl halides is 3. The van der Waals surface area contributed by atoms with Crippen molar-refractivity contribution in [1.29, 1.82) is 0 Å². The summed E-state index contributed by atoms with van der Waals surface area (Å²) in [6.45, 7) is 1.84. The minimum atomic E-state index is -4.31. The molecule has 1 saturated carbocycles. The predicted octanol–water partition coefficient (Wildman–Crippen LogP) is 2.91. The van der Waals surface area contributed by atoms with Crippen molar-refractivity contribution in [3.8, 4) is 0 Å². The monoisotopic (exact) mass is 276 g/mol. The van der Waals surface area contributed by atoms with E-state index in [0.717, 1.165) is 12.8 Å². The Morgan fingerprint density at radius 3 is 2.58 bits per heavy atom. The van der Waals surface area contributed by atoms with Gasteiger partial charge >= 0.3 is 6.18 Å². The van der Waals surface area contributed by atoms with Crippen LogP contribution in [0.3, 0.4) is 0 Å². The van der Waals surface area contributed by atoms with Crippen molar-refractivity contribution in [2.45, 2.75) is 57.0 Å². The highest BCUT2D eigenvalue weighted by molar-refractivity contribution is 5.03. The van der Waals surface area contributed by atoms with E-state index < -0.39 is 18.3 Å². The first-order chi connectivity index (χ1) is 8.93. The highest BCUT2D eigenvalue weighted by Gasteiger charge is 2.50. The molecule has 2 rings (SSSR count). The van der Waals surface area contributed by atoms with Crippen LogP contribution in [0.1, 0.15) is 31.9 Å². The molecule has 1 aliphatic carbocycles. The molecule has 1 aromatic rings. The first kappa shape index (κ1) is 14.4. The lowest BCUT2D eigenvalue weighted by atomic mass is 10.0. The quantitative estimate of drug-likeness (QED) is 0.868. The van der Waals surface area contributed by atoms with Crippen molar-refractivity contribution >= 4 is 0 Å². The Bertz CT molecular complexity index is 387. The molecule has 2 atom stereocenters. The lowest BCUT2D eigenvalue weighted by Gasteiger charge is -2.36. The van der Waals surface area contributed by atoms with Gasteiger partial charge in [0.2, 0.25) is 0 Å². The maximum Gasteiger partial charge on any atom is 0.405 e. The van der Waals surface area contributed by atoms with Gasteiger partial charge in [0.25, 0.3) is 0 Å². The van der Waals surface area contributed by atoms with Crippen LogP contribution in [-0.4, -0.2) is 29.2 Å². The average molecular weight is 276 g/mol. The van der Waals surface area contributed by atoms with Gasteiger partial charge in [0.15, 0.2) is 0 Å². The number of furan rings is 1. The van der Waals surface area contributed by atoms with E-state index in [1.165, 1.54) is 11.2 Å². The number of rotatable bonds is 6. The fourth-order valence-corrected chi connectivity index (χ4v) is 2.34. The van der Waals surface area contributed by atoms with Crippen molar-refractivity contribution in [3.05, 3.63) is 24.2 Å². The summed E-state index contributed by atoms with van der Waals surface area (Å²) in [7, 11) is 0. The lowest BCUT2D eigenvalue weighted by Crippen LogP contribution is -2.56. The van der Waals surface area contributed by atoms with Crippen molar-refractivity contribution in [2.75, 3.05) is 0 Å². The van der Waals surface area contributed by atoms with E-state index in [1.54, 1.807) is 19.1 Å². The standard InChI is InChI=1S/C13H19F3N2O/c1-2-11(17)12(13(14,15)16)18(9-5-6-9)8-10-4-3-7-19-10/h3-4,7,9,11-12H,2,5-6,8,17H2,1H3. The number of nitrogens with zero attached hydrogens (tertiary/aromatic N) is 1. The largest absolute Gasteiger partial charge is 0.468 e. The van der Waals surface area contributed by atoms with Crippen LogP contribution in [0.4, 0.5) is 13.2 Å². The van der Waals surface area contributed by atoms with E-state index in [2.05, 4.69) is 0 Å². The smallest absolute Gasteiger partial charge is 0.405 e. The van der Waals surface area contributed by atoms with E-state index in [-0.39, 0.29) is 12.6 Å². The summed E-state index contributed by atoms with van der Waals surface area (Å²) in [5.41, 5.74) is 5.71. The van der Waals surface area contributed by atoms with Gasteiger partial charge in [-0.1, -0.05) is 6.92 Å². The molecular formula is C13H19F3N2O. The van der Waals surface area contributed by atoms with Gasteiger partial charge in [-0.2, -0.15) is 13.2 Å². The van der Waals surface area contributed by atoms with Crippen molar-refractivity contribution in [3.63, 3.8) is 0 Å². The molecule has 2 unspecified atom stereocenters. The minimum Gasteiger partial charge on any atom is -0.468 e. The fraction of sp³-hybridized carbons (Fsp3) is 0.692. The number of hydrogen-bond acceptors (Lipinski definition) is 3. The third kappa shape index (κ3) is 3.51. The topological polar surface area (TPSA) is 42.4 Å². The third-order valence-electron chi connectivity index (χ3n) is 3.50. The number of hydrogen-bond donors (Lipinski definition) is 1. The van der Waals surface area contributed by atoms with Crippen LogP contribution >= 0.6 is 0 Å². The zero-order valence-electron chi connectivity index (χ0n) is 10.9. The number of halogens is 3. The Labute approximate surface area is 110 Å². The number of nitrogens with two attached hydrogens (primary N) is 1. The Balaban J connectivity index is 2.19. The molecule has 2 N–H and O–H groups in total. The molecule has 0 aromatic carbocycles. The Morgan fingerprint density at radius 1 is 1.47 bits per heavy atom. The summed E-state index contributed by atoms with van der Waals surface area (Å²) in [6, 6.07) is 0.836. The van der Waals surface area contributed by atoms with Crippen LogP contribution in [0.25, 0.3) is 0 Å². The molecule has 6 heteroatoms. The van der Waals surface area contributed by atoms with E-state index in [1.807, 2.05) is 0 Å². The van der Waals surface area contributed by atoms with Crippen LogP contribution in [0.5, 0.6) is 0 Å². The Hall–Kier alpha value is -1.01. The molecule has 0 bridgehead atoms. The Kier molecular flexibility index (Phi) is 4.20. The fourth-order valence-electron chi connectivity index (χ4n) is 2.34. The average Bonchev–Trinajstić information content (AvgIpc) is 3.05. The van der Waals surface area contributed by atoms with E-state index in [9.17, 15) is 13.2 Å². The second kappa shape index (κ2) is 5.54. The van der Waals surface area contributed by atoms with Gasteiger partial charge in [0.1, 0.15) is 11.8 Å². The maximum absolute atomic E-state index is 13.3. The summed E-state index contributed by atoms with van der Waals surface area (Å²) < 4.78 is 45.0. The van der Waals surface area contributed by atoms with E-state index >= 15 is 0 Å². The highest BCUT2D eigenvalue weighted by Crippen LogP contribution is 2.37. The Morgan fingerprint density at radius 2 is 2.16 bits per heavy atom. The first-order valence-electron chi connectivity index (χ1n) is 6.54. The molecule has 0 aliphatic heterocycles. The van der Waals surface area contributed by atoms with E-state index in [4.69, 9.17) is 10.2 Å².